The molecule has 0 aliphatic heterocycles. The van der Waals surface area contributed by atoms with E-state index in [4.69, 9.17) is 11.0 Å². The first-order valence-electron chi connectivity index (χ1n) is 5.40. The molecule has 19 heavy (non-hydrogen) atoms. The maximum absolute atomic E-state index is 13.3. The summed E-state index contributed by atoms with van der Waals surface area (Å²) < 4.78 is 13.7. The van der Waals surface area contributed by atoms with Crippen molar-refractivity contribution in [3.63, 3.8) is 0 Å². The van der Waals surface area contributed by atoms with E-state index in [1.54, 1.807) is 25.1 Å². The van der Waals surface area contributed by atoms with E-state index in [1.807, 2.05) is 6.07 Å². The molecule has 0 aliphatic rings. The van der Waals surface area contributed by atoms with Crippen LogP contribution < -0.4 is 11.1 Å². The number of hydrogen-bond donors (Lipinski definition) is 2. The highest BCUT2D eigenvalue weighted by Crippen LogP contribution is 2.26. The van der Waals surface area contributed by atoms with E-state index in [0.29, 0.717) is 21.7 Å². The SMILES string of the molecule is Cc1cc(F)c(Br)cc1Nc1ccc(N)c(C#N)n1. The highest BCUT2D eigenvalue weighted by Gasteiger charge is 2.07. The molecule has 0 saturated heterocycles. The summed E-state index contributed by atoms with van der Waals surface area (Å²) in [4.78, 5) is 4.07. The van der Waals surface area contributed by atoms with Crippen molar-refractivity contribution < 1.29 is 4.39 Å². The number of aromatic nitrogens is 1. The molecule has 0 amide bonds. The molecule has 1 aromatic carbocycles. The third-order valence-corrected chi connectivity index (χ3v) is 3.17. The number of pyridine rings is 1. The lowest BCUT2D eigenvalue weighted by molar-refractivity contribution is 0.620. The molecule has 0 saturated carbocycles. The predicted molar refractivity (Wildman–Crippen MR) is 75.5 cm³/mol. The minimum Gasteiger partial charge on any atom is -0.396 e. The highest BCUT2D eigenvalue weighted by molar-refractivity contribution is 9.10. The van der Waals surface area contributed by atoms with Crippen LogP contribution in [-0.2, 0) is 0 Å². The van der Waals surface area contributed by atoms with E-state index < -0.39 is 0 Å². The molecule has 0 atom stereocenters. The minimum absolute atomic E-state index is 0.156. The molecule has 0 radical (unpaired) electrons. The van der Waals surface area contributed by atoms with Crippen LogP contribution in [0.2, 0.25) is 0 Å². The lowest BCUT2D eigenvalue weighted by atomic mass is 10.2. The predicted octanol–water partition coefficient (Wildman–Crippen LogP) is 3.49. The number of nitrogens with one attached hydrogen (secondary N) is 1. The Morgan fingerprint density at radius 1 is 1.42 bits per heavy atom. The Balaban J connectivity index is 2.37. The van der Waals surface area contributed by atoms with E-state index >= 15 is 0 Å². The third kappa shape index (κ3) is 2.83. The first kappa shape index (κ1) is 13.3. The fourth-order valence-electron chi connectivity index (χ4n) is 1.55. The molecular formula is C13H10BrFN4. The van der Waals surface area contributed by atoms with Gasteiger partial charge < -0.3 is 11.1 Å². The zero-order chi connectivity index (χ0) is 14.0. The summed E-state index contributed by atoms with van der Waals surface area (Å²) in [5, 5.41) is 11.9. The summed E-state index contributed by atoms with van der Waals surface area (Å²) in [6.07, 6.45) is 0. The standard InChI is InChI=1S/C13H10BrFN4/c1-7-4-9(15)8(14)5-11(7)18-13-3-2-10(17)12(6-16)19-13/h2-5H,17H2,1H3,(H,18,19). The number of nitrogens with two attached hydrogens (primary N) is 1. The van der Waals surface area contributed by atoms with Gasteiger partial charge in [0.15, 0.2) is 5.69 Å². The molecule has 2 aromatic rings. The van der Waals surface area contributed by atoms with Gasteiger partial charge in [0.25, 0.3) is 0 Å². The zero-order valence-corrected chi connectivity index (χ0v) is 11.6. The number of hydrogen-bond acceptors (Lipinski definition) is 4. The van der Waals surface area contributed by atoms with Crippen molar-refractivity contribution in [3.8, 4) is 6.07 Å². The van der Waals surface area contributed by atoms with Crippen molar-refractivity contribution in [3.05, 3.63) is 45.8 Å². The normalized spacial score (nSPS) is 10.0. The van der Waals surface area contributed by atoms with Gasteiger partial charge in [-0.2, -0.15) is 5.26 Å². The Kier molecular flexibility index (Phi) is 3.67. The van der Waals surface area contributed by atoms with Gasteiger partial charge in [-0.15, -0.1) is 0 Å². The van der Waals surface area contributed by atoms with Crippen LogP contribution in [0.1, 0.15) is 11.3 Å². The molecule has 0 spiro atoms. The molecule has 6 heteroatoms. The Hall–Kier alpha value is -2.13. The topological polar surface area (TPSA) is 74.7 Å². The average Bonchev–Trinajstić information content (AvgIpc) is 2.38. The lowest BCUT2D eigenvalue weighted by Gasteiger charge is -2.10. The van der Waals surface area contributed by atoms with Gasteiger partial charge in [0.2, 0.25) is 0 Å². The van der Waals surface area contributed by atoms with Crippen LogP contribution in [0, 0.1) is 24.1 Å². The fraction of sp³-hybridized carbons (Fsp3) is 0.0769. The number of nitrogens with zero attached hydrogens (tertiary/aromatic N) is 2. The minimum atomic E-state index is -0.328. The number of halogens is 2. The quantitative estimate of drug-likeness (QED) is 0.888. The smallest absolute Gasteiger partial charge is 0.165 e. The summed E-state index contributed by atoms with van der Waals surface area (Å²) in [7, 11) is 0. The molecule has 1 heterocycles. The molecule has 0 aliphatic carbocycles. The average molecular weight is 321 g/mol. The van der Waals surface area contributed by atoms with Gasteiger partial charge in [0.05, 0.1) is 10.2 Å². The second-order valence-electron chi connectivity index (χ2n) is 3.95. The number of rotatable bonds is 2. The number of anilines is 3. The van der Waals surface area contributed by atoms with Gasteiger partial charge in [0.1, 0.15) is 17.7 Å². The summed E-state index contributed by atoms with van der Waals surface area (Å²) >= 11 is 3.13. The van der Waals surface area contributed by atoms with Crippen LogP contribution in [0.25, 0.3) is 0 Å². The van der Waals surface area contributed by atoms with Crippen molar-refractivity contribution >= 4 is 33.1 Å². The van der Waals surface area contributed by atoms with E-state index in [0.717, 1.165) is 5.56 Å². The number of aryl methyl sites for hydroxylation is 1. The zero-order valence-electron chi connectivity index (χ0n) is 10.0. The molecule has 2 rings (SSSR count). The first-order chi connectivity index (χ1) is 9.01. The monoisotopic (exact) mass is 320 g/mol. The van der Waals surface area contributed by atoms with Crippen LogP contribution in [0.3, 0.4) is 0 Å². The van der Waals surface area contributed by atoms with Crippen molar-refractivity contribution in [1.29, 1.82) is 5.26 Å². The molecule has 3 N–H and O–H groups in total. The lowest BCUT2D eigenvalue weighted by Crippen LogP contribution is -2.00. The van der Waals surface area contributed by atoms with Crippen LogP contribution >= 0.6 is 15.9 Å². The van der Waals surface area contributed by atoms with Crippen LogP contribution in [0.15, 0.2) is 28.7 Å². The van der Waals surface area contributed by atoms with E-state index in [2.05, 4.69) is 26.2 Å². The summed E-state index contributed by atoms with van der Waals surface area (Å²) in [6.45, 7) is 1.78. The van der Waals surface area contributed by atoms with Crippen LogP contribution in [0.4, 0.5) is 21.6 Å². The van der Waals surface area contributed by atoms with E-state index in [1.165, 1.54) is 6.07 Å². The maximum Gasteiger partial charge on any atom is 0.165 e. The Labute approximate surface area is 118 Å². The van der Waals surface area contributed by atoms with Crippen LogP contribution in [0.5, 0.6) is 0 Å². The Bertz CT molecular complexity index is 679. The van der Waals surface area contributed by atoms with Crippen molar-refractivity contribution in [2.75, 3.05) is 11.1 Å². The van der Waals surface area contributed by atoms with Gasteiger partial charge in [-0.25, -0.2) is 9.37 Å². The number of benzene rings is 1. The van der Waals surface area contributed by atoms with E-state index in [9.17, 15) is 4.39 Å². The maximum atomic E-state index is 13.3. The molecular weight excluding hydrogens is 311 g/mol. The Morgan fingerprint density at radius 2 is 2.16 bits per heavy atom. The van der Waals surface area contributed by atoms with Gasteiger partial charge in [-0.1, -0.05) is 0 Å². The van der Waals surface area contributed by atoms with E-state index in [-0.39, 0.29) is 11.5 Å². The first-order valence-corrected chi connectivity index (χ1v) is 6.20. The summed E-state index contributed by atoms with van der Waals surface area (Å²) in [6, 6.07) is 8.20. The highest BCUT2D eigenvalue weighted by atomic mass is 79.9. The largest absolute Gasteiger partial charge is 0.396 e. The second kappa shape index (κ2) is 5.24. The van der Waals surface area contributed by atoms with Gasteiger partial charge in [-0.05, 0) is 52.7 Å². The van der Waals surface area contributed by atoms with Crippen molar-refractivity contribution in [1.82, 2.24) is 4.98 Å². The molecule has 0 fully saturated rings. The van der Waals surface area contributed by atoms with Crippen molar-refractivity contribution in [2.24, 2.45) is 0 Å². The third-order valence-electron chi connectivity index (χ3n) is 2.56. The molecule has 4 nitrogen and oxygen atoms in total. The molecule has 1 aromatic heterocycles. The number of nitriles is 1. The molecule has 0 unspecified atom stereocenters. The van der Waals surface area contributed by atoms with Gasteiger partial charge in [0, 0.05) is 5.69 Å². The Morgan fingerprint density at radius 3 is 2.84 bits per heavy atom. The van der Waals surface area contributed by atoms with Gasteiger partial charge >= 0.3 is 0 Å². The molecule has 96 valence electrons. The fourth-order valence-corrected chi connectivity index (χ4v) is 1.89. The molecule has 0 bridgehead atoms. The second-order valence-corrected chi connectivity index (χ2v) is 4.81. The van der Waals surface area contributed by atoms with Crippen molar-refractivity contribution in [2.45, 2.75) is 6.92 Å². The summed E-state index contributed by atoms with van der Waals surface area (Å²) in [5.74, 6) is 0.151. The van der Waals surface area contributed by atoms with Crippen LogP contribution in [-0.4, -0.2) is 4.98 Å². The number of nitrogen functional groups attached to an aromatic ring is 1. The summed E-state index contributed by atoms with van der Waals surface area (Å²) in [5.41, 5.74) is 7.52. The van der Waals surface area contributed by atoms with Gasteiger partial charge in [-0.3, -0.25) is 0 Å².